The molecule has 4 heteroatoms. The van der Waals surface area contributed by atoms with Crippen molar-refractivity contribution in [1.29, 1.82) is 0 Å². The van der Waals surface area contributed by atoms with Crippen LogP contribution in [0.4, 0.5) is 5.69 Å². The maximum Gasteiger partial charge on any atom is 0.0754 e. The van der Waals surface area contributed by atoms with Gasteiger partial charge in [0.2, 0.25) is 0 Å². The lowest BCUT2D eigenvalue weighted by Crippen LogP contribution is -2.26. The van der Waals surface area contributed by atoms with Gasteiger partial charge in [-0.15, -0.1) is 0 Å². The highest BCUT2D eigenvalue weighted by atomic mass is 16.4. The number of carbonyl (C=O) groups excluding carboxylic acids is 1. The molecule has 0 unspecified atom stereocenters. The Hall–Kier alpha value is -1.58. The van der Waals surface area contributed by atoms with Crippen molar-refractivity contribution in [2.24, 2.45) is 0 Å². The van der Waals surface area contributed by atoms with Crippen LogP contribution in [0.2, 0.25) is 0 Å². The molecule has 1 aromatic heterocycles. The van der Waals surface area contributed by atoms with Crippen molar-refractivity contribution in [3.8, 4) is 0 Å². The number of carbonyl (C=O) groups is 1. The Labute approximate surface area is 89.1 Å². The van der Waals surface area contributed by atoms with Crippen LogP contribution in [0, 0.1) is 6.92 Å². The maximum atomic E-state index is 10.9. The molecule has 0 saturated heterocycles. The topological polar surface area (TPSA) is 79.0 Å². The van der Waals surface area contributed by atoms with Gasteiger partial charge in [-0.25, -0.2) is 0 Å². The molecule has 0 fully saturated rings. The minimum Gasteiger partial charge on any atom is -0.545 e. The van der Waals surface area contributed by atoms with Crippen LogP contribution in [0.3, 0.4) is 0 Å². The second-order valence-corrected chi connectivity index (χ2v) is 3.41. The van der Waals surface area contributed by atoms with Crippen molar-refractivity contribution in [2.75, 3.05) is 5.73 Å². The molecule has 0 bridgehead atoms. The Balaban J connectivity index is 3.51. The fraction of sp³-hybridized carbons (Fsp3) is 0.455. The van der Waals surface area contributed by atoms with E-state index in [0.717, 1.165) is 17.7 Å². The van der Waals surface area contributed by atoms with Crippen LogP contribution in [0.25, 0.3) is 0 Å². The molecule has 0 spiro atoms. The van der Waals surface area contributed by atoms with E-state index in [1.54, 1.807) is 6.92 Å². The van der Waals surface area contributed by atoms with Gasteiger partial charge in [0.1, 0.15) is 0 Å². The molecule has 1 aromatic rings. The van der Waals surface area contributed by atoms with E-state index in [1.807, 2.05) is 13.8 Å². The van der Waals surface area contributed by atoms with E-state index in [-0.39, 0.29) is 5.56 Å². The number of pyridine rings is 1. The van der Waals surface area contributed by atoms with Gasteiger partial charge in [0.05, 0.1) is 11.7 Å². The summed E-state index contributed by atoms with van der Waals surface area (Å²) in [6.45, 7) is 5.60. The van der Waals surface area contributed by atoms with Crippen LogP contribution in [0.5, 0.6) is 0 Å². The van der Waals surface area contributed by atoms with Gasteiger partial charge in [-0.3, -0.25) is 4.98 Å². The van der Waals surface area contributed by atoms with Gasteiger partial charge in [-0.05, 0) is 25.3 Å². The van der Waals surface area contributed by atoms with E-state index in [2.05, 4.69) is 4.98 Å². The molecule has 0 aliphatic heterocycles. The number of aromatic nitrogens is 1. The number of hydrogen-bond acceptors (Lipinski definition) is 4. The fourth-order valence-electron chi connectivity index (χ4n) is 1.63. The van der Waals surface area contributed by atoms with Crippen molar-refractivity contribution in [3.05, 3.63) is 22.5 Å². The monoisotopic (exact) mass is 207 g/mol. The lowest BCUT2D eigenvalue weighted by molar-refractivity contribution is -0.255. The third-order valence-corrected chi connectivity index (χ3v) is 2.54. The van der Waals surface area contributed by atoms with Crippen LogP contribution < -0.4 is 10.8 Å². The van der Waals surface area contributed by atoms with Gasteiger partial charge in [0.25, 0.3) is 0 Å². The van der Waals surface area contributed by atoms with Gasteiger partial charge in [0.15, 0.2) is 0 Å². The normalized spacial score (nSPS) is 10.3. The van der Waals surface area contributed by atoms with E-state index in [4.69, 9.17) is 5.73 Å². The number of nitrogens with two attached hydrogens (primary N) is 1. The smallest absolute Gasteiger partial charge is 0.0754 e. The molecular formula is C11H15N2O2-. The number of anilines is 1. The summed E-state index contributed by atoms with van der Waals surface area (Å²) in [5.41, 5.74) is 8.22. The molecule has 0 aliphatic rings. The Kier molecular flexibility index (Phi) is 3.29. The van der Waals surface area contributed by atoms with E-state index >= 15 is 0 Å². The van der Waals surface area contributed by atoms with E-state index < -0.39 is 5.97 Å². The minimum atomic E-state index is -1.25. The largest absolute Gasteiger partial charge is 0.545 e. The van der Waals surface area contributed by atoms with Gasteiger partial charge >= 0.3 is 0 Å². The zero-order valence-electron chi connectivity index (χ0n) is 9.26. The molecule has 0 atom stereocenters. The molecule has 2 N–H and O–H groups in total. The molecule has 0 amide bonds. The molecule has 0 aliphatic carbocycles. The quantitative estimate of drug-likeness (QED) is 0.781. The minimum absolute atomic E-state index is 0.0483. The van der Waals surface area contributed by atoms with Crippen LogP contribution in [0.1, 0.15) is 41.2 Å². The molecule has 0 aromatic carbocycles. The highest BCUT2D eigenvalue weighted by Crippen LogP contribution is 2.22. The Morgan fingerprint density at radius 2 is 1.87 bits per heavy atom. The molecule has 4 nitrogen and oxygen atoms in total. The Bertz CT molecular complexity index is 400. The number of rotatable bonds is 3. The summed E-state index contributed by atoms with van der Waals surface area (Å²) < 4.78 is 0. The summed E-state index contributed by atoms with van der Waals surface area (Å²) in [4.78, 5) is 15.2. The number of carboxylic acid groups (broad SMARTS) is 1. The second kappa shape index (κ2) is 4.29. The van der Waals surface area contributed by atoms with E-state index in [9.17, 15) is 9.90 Å². The third kappa shape index (κ3) is 1.93. The summed E-state index contributed by atoms with van der Waals surface area (Å²) in [6.07, 6.45) is 1.29. The number of nitrogen functional groups attached to an aromatic ring is 1. The van der Waals surface area contributed by atoms with Crippen molar-refractivity contribution in [2.45, 2.75) is 33.6 Å². The Morgan fingerprint density at radius 3 is 2.27 bits per heavy atom. The number of aryl methyl sites for hydroxylation is 2. The van der Waals surface area contributed by atoms with Crippen LogP contribution >= 0.6 is 0 Å². The molecule has 0 radical (unpaired) electrons. The standard InChI is InChI=1S/C11H16N2O2/c1-4-7-6(3)10(12)9(11(14)15)8(5-2)13-7/h4-5H2,1-3H3,(H2,12,13)(H,14,15)/p-1. The fourth-order valence-corrected chi connectivity index (χ4v) is 1.63. The van der Waals surface area contributed by atoms with Crippen LogP contribution in [-0.2, 0) is 12.8 Å². The van der Waals surface area contributed by atoms with Crippen molar-refractivity contribution < 1.29 is 9.90 Å². The average molecular weight is 207 g/mol. The molecule has 0 saturated carbocycles. The first-order chi connectivity index (χ1) is 7.02. The molecule has 1 rings (SSSR count). The summed E-state index contributed by atoms with van der Waals surface area (Å²) in [6, 6.07) is 0. The summed E-state index contributed by atoms with van der Waals surface area (Å²) >= 11 is 0. The van der Waals surface area contributed by atoms with Crippen LogP contribution in [0.15, 0.2) is 0 Å². The number of aromatic carboxylic acids is 1. The number of hydrogen-bond donors (Lipinski definition) is 1. The highest BCUT2D eigenvalue weighted by molar-refractivity contribution is 5.94. The second-order valence-electron chi connectivity index (χ2n) is 3.41. The summed E-state index contributed by atoms with van der Waals surface area (Å²) in [5.74, 6) is -1.25. The molecule has 15 heavy (non-hydrogen) atoms. The van der Waals surface area contributed by atoms with Gasteiger partial charge in [-0.1, -0.05) is 13.8 Å². The number of nitrogens with zero attached hydrogens (tertiary/aromatic N) is 1. The first-order valence-corrected chi connectivity index (χ1v) is 5.02. The highest BCUT2D eigenvalue weighted by Gasteiger charge is 2.13. The summed E-state index contributed by atoms with van der Waals surface area (Å²) in [5, 5.41) is 10.9. The zero-order chi connectivity index (χ0) is 11.6. The van der Waals surface area contributed by atoms with Crippen molar-refractivity contribution >= 4 is 11.7 Å². The zero-order valence-corrected chi connectivity index (χ0v) is 9.26. The number of carboxylic acids is 1. The lowest BCUT2D eigenvalue weighted by Gasteiger charge is -2.16. The van der Waals surface area contributed by atoms with Crippen molar-refractivity contribution in [1.82, 2.24) is 4.98 Å². The van der Waals surface area contributed by atoms with E-state index in [0.29, 0.717) is 17.8 Å². The lowest BCUT2D eigenvalue weighted by atomic mass is 10.0. The summed E-state index contributed by atoms with van der Waals surface area (Å²) in [7, 11) is 0. The van der Waals surface area contributed by atoms with E-state index in [1.165, 1.54) is 0 Å². The van der Waals surface area contributed by atoms with Gasteiger partial charge in [0, 0.05) is 16.9 Å². The third-order valence-electron chi connectivity index (χ3n) is 2.54. The Morgan fingerprint density at radius 1 is 1.33 bits per heavy atom. The first kappa shape index (κ1) is 11.5. The van der Waals surface area contributed by atoms with Gasteiger partial charge in [-0.2, -0.15) is 0 Å². The molecular weight excluding hydrogens is 192 g/mol. The predicted octanol–water partition coefficient (Wildman–Crippen LogP) is 0.461. The average Bonchev–Trinajstić information content (AvgIpc) is 2.20. The molecule has 82 valence electrons. The van der Waals surface area contributed by atoms with Crippen LogP contribution in [-0.4, -0.2) is 11.0 Å². The SMILES string of the molecule is CCc1nc(CC)c(C(=O)[O-])c(N)c1C. The first-order valence-electron chi connectivity index (χ1n) is 5.02. The molecule has 1 heterocycles. The van der Waals surface area contributed by atoms with Gasteiger partial charge < -0.3 is 15.6 Å². The predicted molar refractivity (Wildman–Crippen MR) is 56.5 cm³/mol. The maximum absolute atomic E-state index is 10.9. The van der Waals surface area contributed by atoms with Crippen molar-refractivity contribution in [3.63, 3.8) is 0 Å².